The molecule has 2 aromatic rings. The fourth-order valence-corrected chi connectivity index (χ4v) is 4.03. The van der Waals surface area contributed by atoms with Gasteiger partial charge in [-0.15, -0.1) is 34.2 Å². The van der Waals surface area contributed by atoms with Crippen LogP contribution in [0.5, 0.6) is 0 Å². The maximum absolute atomic E-state index is 6.14. The van der Waals surface area contributed by atoms with Crippen molar-refractivity contribution in [2.45, 2.75) is 57.9 Å². The lowest BCUT2D eigenvalue weighted by Gasteiger charge is -2.34. The van der Waals surface area contributed by atoms with Crippen LogP contribution in [-0.2, 0) is 29.6 Å². The lowest BCUT2D eigenvalue weighted by molar-refractivity contribution is -0.0367. The highest BCUT2D eigenvalue weighted by molar-refractivity contribution is 14.0. The smallest absolute Gasteiger partial charge is 0.194 e. The Balaban J connectivity index is 0.00000289. The second kappa shape index (κ2) is 12.5. The molecule has 1 unspecified atom stereocenters. The Morgan fingerprint density at radius 3 is 2.62 bits per heavy atom. The first kappa shape index (κ1) is 24.9. The number of nitrogens with one attached hydrogen (secondary N) is 1. The molecule has 3 heterocycles. The largest absolute Gasteiger partial charge is 0.376 e. The van der Waals surface area contributed by atoms with Gasteiger partial charge in [0.25, 0.3) is 0 Å². The average molecular weight is 554 g/mol. The van der Waals surface area contributed by atoms with Crippen LogP contribution in [0.25, 0.3) is 0 Å². The zero-order chi connectivity index (χ0) is 21.5. The van der Waals surface area contributed by atoms with Gasteiger partial charge in [-0.05, 0) is 38.2 Å². The molecule has 32 heavy (non-hydrogen) atoms. The first-order valence-corrected chi connectivity index (χ1v) is 11.3. The van der Waals surface area contributed by atoms with E-state index >= 15 is 0 Å². The van der Waals surface area contributed by atoms with Crippen LogP contribution in [0, 0.1) is 6.92 Å². The van der Waals surface area contributed by atoms with E-state index < -0.39 is 0 Å². The van der Waals surface area contributed by atoms with Gasteiger partial charge in [0.1, 0.15) is 5.82 Å². The van der Waals surface area contributed by atoms with Crippen LogP contribution in [0.3, 0.4) is 0 Å². The molecule has 176 valence electrons. The van der Waals surface area contributed by atoms with Gasteiger partial charge < -0.3 is 24.3 Å². The van der Waals surface area contributed by atoms with Crippen LogP contribution in [0.15, 0.2) is 35.3 Å². The molecule has 0 amide bonds. The maximum atomic E-state index is 6.14. The molecule has 2 fully saturated rings. The van der Waals surface area contributed by atoms with Crippen LogP contribution in [-0.4, -0.2) is 64.1 Å². The highest BCUT2D eigenvalue weighted by Crippen LogP contribution is 2.18. The molecule has 0 aliphatic carbocycles. The molecule has 8 nitrogen and oxygen atoms in total. The van der Waals surface area contributed by atoms with E-state index in [0.717, 1.165) is 69.6 Å². The van der Waals surface area contributed by atoms with Gasteiger partial charge in [0.15, 0.2) is 11.8 Å². The third kappa shape index (κ3) is 6.89. The zero-order valence-electron chi connectivity index (χ0n) is 19.1. The van der Waals surface area contributed by atoms with Gasteiger partial charge in [-0.2, -0.15) is 0 Å². The van der Waals surface area contributed by atoms with Gasteiger partial charge in [-0.1, -0.05) is 30.3 Å². The summed E-state index contributed by atoms with van der Waals surface area (Å²) < 4.78 is 13.8. The van der Waals surface area contributed by atoms with E-state index in [9.17, 15) is 0 Å². The number of likely N-dealkylation sites (tertiary alicyclic amines) is 1. The normalized spacial score (nSPS) is 19.8. The molecule has 1 aromatic carbocycles. The summed E-state index contributed by atoms with van der Waals surface area (Å²) in [7, 11) is 1.99. The molecule has 1 atom stereocenters. The van der Waals surface area contributed by atoms with Crippen LogP contribution in [0.1, 0.15) is 42.9 Å². The van der Waals surface area contributed by atoms with Crippen LogP contribution in [0.2, 0.25) is 0 Å². The standard InChI is InChI=1S/C23H34N6O2.HI/c1-18-26-27-22(28(18)2)16-25-23(24-15-19-7-4-3-5-8-19)29-12-10-20(11-13-29)31-17-21-9-6-14-30-21;/h3-5,7-8,20-21H,6,9-17H2,1-2H3,(H,24,25);1H. The minimum Gasteiger partial charge on any atom is -0.376 e. The summed E-state index contributed by atoms with van der Waals surface area (Å²) in [5.41, 5.74) is 1.20. The number of nitrogens with zero attached hydrogens (tertiary/aromatic N) is 5. The van der Waals surface area contributed by atoms with Crippen molar-refractivity contribution in [3.8, 4) is 0 Å². The second-order valence-electron chi connectivity index (χ2n) is 8.36. The fraction of sp³-hybridized carbons (Fsp3) is 0.609. The number of benzene rings is 1. The molecule has 4 rings (SSSR count). The van der Waals surface area contributed by atoms with Crippen LogP contribution < -0.4 is 5.32 Å². The molecule has 0 radical (unpaired) electrons. The van der Waals surface area contributed by atoms with Crippen molar-refractivity contribution in [3.05, 3.63) is 47.5 Å². The summed E-state index contributed by atoms with van der Waals surface area (Å²) in [6, 6.07) is 10.4. The lowest BCUT2D eigenvalue weighted by atomic mass is 10.1. The first-order valence-electron chi connectivity index (χ1n) is 11.3. The van der Waals surface area contributed by atoms with E-state index in [1.54, 1.807) is 0 Å². The molecule has 1 aromatic heterocycles. The molecule has 0 saturated carbocycles. The summed E-state index contributed by atoms with van der Waals surface area (Å²) in [6.07, 6.45) is 4.88. The number of hydrogen-bond donors (Lipinski definition) is 1. The molecular weight excluding hydrogens is 519 g/mol. The second-order valence-corrected chi connectivity index (χ2v) is 8.36. The predicted molar refractivity (Wildman–Crippen MR) is 135 cm³/mol. The molecule has 0 bridgehead atoms. The van der Waals surface area contributed by atoms with E-state index in [2.05, 4.69) is 44.7 Å². The van der Waals surface area contributed by atoms with Crippen molar-refractivity contribution in [3.63, 3.8) is 0 Å². The number of aromatic nitrogens is 3. The number of ether oxygens (including phenoxy) is 2. The molecule has 2 saturated heterocycles. The quantitative estimate of drug-likeness (QED) is 0.322. The number of halogens is 1. The Bertz CT molecular complexity index is 845. The van der Waals surface area contributed by atoms with Crippen molar-refractivity contribution >= 4 is 29.9 Å². The highest BCUT2D eigenvalue weighted by atomic mass is 127. The lowest BCUT2D eigenvalue weighted by Crippen LogP contribution is -2.47. The number of aryl methyl sites for hydroxylation is 1. The molecular formula is C23H35IN6O2. The number of hydrogen-bond acceptors (Lipinski definition) is 5. The molecule has 1 N–H and O–H groups in total. The van der Waals surface area contributed by atoms with Gasteiger partial charge in [0.05, 0.1) is 31.9 Å². The average Bonchev–Trinajstić information content (AvgIpc) is 3.44. The topological polar surface area (TPSA) is 76.8 Å². The molecule has 2 aliphatic rings. The summed E-state index contributed by atoms with van der Waals surface area (Å²) >= 11 is 0. The van der Waals surface area contributed by atoms with Crippen molar-refractivity contribution in [2.75, 3.05) is 26.3 Å². The van der Waals surface area contributed by atoms with Crippen LogP contribution >= 0.6 is 24.0 Å². The summed E-state index contributed by atoms with van der Waals surface area (Å²) in [6.45, 7) is 6.66. The third-order valence-electron chi connectivity index (χ3n) is 6.12. The van der Waals surface area contributed by atoms with Gasteiger partial charge in [0.2, 0.25) is 0 Å². The fourth-order valence-electron chi connectivity index (χ4n) is 4.03. The van der Waals surface area contributed by atoms with E-state index in [0.29, 0.717) is 19.2 Å². The number of rotatable bonds is 7. The zero-order valence-corrected chi connectivity index (χ0v) is 21.4. The van der Waals surface area contributed by atoms with E-state index in [4.69, 9.17) is 14.5 Å². The molecule has 2 aliphatic heterocycles. The summed E-state index contributed by atoms with van der Waals surface area (Å²) in [5, 5.41) is 11.9. The molecule has 9 heteroatoms. The third-order valence-corrected chi connectivity index (χ3v) is 6.12. The number of aliphatic imine (C=N–C) groups is 1. The van der Waals surface area contributed by atoms with Gasteiger partial charge >= 0.3 is 0 Å². The Morgan fingerprint density at radius 1 is 1.19 bits per heavy atom. The van der Waals surface area contributed by atoms with Crippen molar-refractivity contribution in [1.82, 2.24) is 25.0 Å². The monoisotopic (exact) mass is 554 g/mol. The van der Waals surface area contributed by atoms with E-state index in [-0.39, 0.29) is 30.1 Å². The first-order chi connectivity index (χ1) is 15.2. The molecule has 0 spiro atoms. The Kier molecular flexibility index (Phi) is 9.73. The Labute approximate surface area is 207 Å². The van der Waals surface area contributed by atoms with Crippen molar-refractivity contribution in [1.29, 1.82) is 0 Å². The highest BCUT2D eigenvalue weighted by Gasteiger charge is 2.24. The summed E-state index contributed by atoms with van der Waals surface area (Å²) in [4.78, 5) is 7.25. The number of piperidine rings is 1. The predicted octanol–water partition coefficient (Wildman–Crippen LogP) is 3.05. The maximum Gasteiger partial charge on any atom is 0.194 e. The van der Waals surface area contributed by atoms with E-state index in [1.165, 1.54) is 5.56 Å². The van der Waals surface area contributed by atoms with Gasteiger partial charge in [-0.25, -0.2) is 4.99 Å². The number of guanidine groups is 1. The van der Waals surface area contributed by atoms with Crippen LogP contribution in [0.4, 0.5) is 0 Å². The SMILES string of the molecule is Cc1nnc(CNC(=NCc2ccccc2)N2CCC(OCC3CCCO3)CC2)n1C.I. The van der Waals surface area contributed by atoms with Crippen molar-refractivity contribution < 1.29 is 9.47 Å². The van der Waals surface area contributed by atoms with E-state index in [1.807, 2.05) is 24.6 Å². The summed E-state index contributed by atoms with van der Waals surface area (Å²) in [5.74, 6) is 2.73. The Morgan fingerprint density at radius 2 is 1.97 bits per heavy atom. The minimum atomic E-state index is 0. The van der Waals surface area contributed by atoms with Crippen molar-refractivity contribution in [2.24, 2.45) is 12.0 Å². The van der Waals surface area contributed by atoms with Gasteiger partial charge in [0, 0.05) is 26.7 Å². The van der Waals surface area contributed by atoms with Gasteiger partial charge in [-0.3, -0.25) is 0 Å². The minimum absolute atomic E-state index is 0. The Hall–Kier alpha value is -1.72.